The van der Waals surface area contributed by atoms with Gasteiger partial charge in [-0.3, -0.25) is 4.79 Å². The average molecular weight is 378 g/mol. The number of carbonyl (C=O) groups excluding carboxylic acids is 1. The van der Waals surface area contributed by atoms with Crippen LogP contribution in [0.4, 0.5) is 32.0 Å². The number of nitrogens with one attached hydrogen (secondary N) is 1. The number of anilines is 1. The van der Waals surface area contributed by atoms with Crippen LogP contribution in [-0.4, -0.2) is 16.9 Å². The summed E-state index contributed by atoms with van der Waals surface area (Å²) in [5, 5.41) is 2.31. The molecule has 21 heavy (non-hydrogen) atoms. The van der Waals surface area contributed by atoms with E-state index in [2.05, 4.69) is 5.32 Å². The van der Waals surface area contributed by atoms with E-state index in [1.807, 2.05) is 0 Å². The predicted molar refractivity (Wildman–Crippen MR) is 68.1 cm³/mol. The van der Waals surface area contributed by atoms with Gasteiger partial charge in [0, 0.05) is 17.7 Å². The first-order valence-electron chi connectivity index (χ1n) is 5.66. The van der Waals surface area contributed by atoms with Crippen molar-refractivity contribution >= 4 is 27.5 Å². The van der Waals surface area contributed by atoms with Gasteiger partial charge >= 0.3 is 16.7 Å². The van der Waals surface area contributed by atoms with Crippen LogP contribution in [-0.2, 0) is 10.5 Å². The van der Waals surface area contributed by atoms with Crippen LogP contribution in [0.3, 0.4) is 0 Å². The molecule has 0 radical (unpaired) electrons. The number of benzene rings is 1. The Balaban J connectivity index is 3.21. The first-order valence-corrected chi connectivity index (χ1v) is 6.45. The molecule has 2 nitrogen and oxygen atoms in total. The minimum absolute atomic E-state index is 0.0769. The molecule has 1 unspecified atom stereocenters. The Kier molecular flexibility index (Phi) is 4.97. The maximum atomic E-state index is 14.0. The molecular formula is C12H10BrF6NO. The van der Waals surface area contributed by atoms with Crippen molar-refractivity contribution in [3.8, 4) is 0 Å². The second kappa shape index (κ2) is 5.86. The van der Waals surface area contributed by atoms with Gasteiger partial charge in [0.15, 0.2) is 0 Å². The molecule has 0 aliphatic rings. The quantitative estimate of drug-likeness (QED) is 0.595. The van der Waals surface area contributed by atoms with Gasteiger partial charge in [-0.15, -0.1) is 0 Å². The molecular weight excluding hydrogens is 368 g/mol. The van der Waals surface area contributed by atoms with Crippen LogP contribution in [0.5, 0.6) is 0 Å². The Bertz CT molecular complexity index is 494. The van der Waals surface area contributed by atoms with E-state index >= 15 is 0 Å². The highest BCUT2D eigenvalue weighted by Crippen LogP contribution is 2.55. The molecule has 9 heteroatoms. The molecule has 1 atom stereocenters. The predicted octanol–water partition coefficient (Wildman–Crippen LogP) is 4.75. The summed E-state index contributed by atoms with van der Waals surface area (Å²) in [6, 6.07) is 2.94. The van der Waals surface area contributed by atoms with Crippen LogP contribution in [0.1, 0.15) is 18.9 Å². The van der Waals surface area contributed by atoms with E-state index in [0.717, 1.165) is 12.1 Å². The van der Waals surface area contributed by atoms with Gasteiger partial charge in [-0.25, -0.2) is 4.39 Å². The Morgan fingerprint density at radius 3 is 1.90 bits per heavy atom. The van der Waals surface area contributed by atoms with Crippen LogP contribution >= 0.6 is 15.9 Å². The molecule has 1 rings (SSSR count). The van der Waals surface area contributed by atoms with E-state index in [4.69, 9.17) is 0 Å². The van der Waals surface area contributed by atoms with Crippen LogP contribution < -0.4 is 5.32 Å². The number of rotatable bonds is 4. The fourth-order valence-corrected chi connectivity index (χ4v) is 1.97. The monoisotopic (exact) mass is 377 g/mol. The second-order valence-electron chi connectivity index (χ2n) is 4.13. The maximum absolute atomic E-state index is 14.0. The molecule has 0 saturated heterocycles. The Morgan fingerprint density at radius 2 is 1.57 bits per heavy atom. The van der Waals surface area contributed by atoms with Gasteiger partial charge in [-0.05, 0) is 28.1 Å². The topological polar surface area (TPSA) is 29.1 Å². The van der Waals surface area contributed by atoms with Crippen LogP contribution in [0.2, 0.25) is 0 Å². The number of amides is 1. The van der Waals surface area contributed by atoms with Gasteiger partial charge in [0.2, 0.25) is 5.91 Å². The maximum Gasteiger partial charge on any atom is 0.433 e. The highest BCUT2D eigenvalue weighted by atomic mass is 79.9. The van der Waals surface area contributed by atoms with Crippen molar-refractivity contribution in [2.75, 3.05) is 5.32 Å². The van der Waals surface area contributed by atoms with Gasteiger partial charge in [0.05, 0.1) is 0 Å². The van der Waals surface area contributed by atoms with E-state index < -0.39 is 28.1 Å². The third kappa shape index (κ3) is 3.50. The summed E-state index contributed by atoms with van der Waals surface area (Å²) in [5.41, 5.74) is -6.08. The summed E-state index contributed by atoms with van der Waals surface area (Å²) in [6.07, 6.45) is -5.70. The molecule has 0 heterocycles. The zero-order valence-electron chi connectivity index (χ0n) is 10.6. The minimum atomic E-state index is -5.83. The summed E-state index contributed by atoms with van der Waals surface area (Å²) in [7, 11) is 0. The molecule has 118 valence electrons. The summed E-state index contributed by atoms with van der Waals surface area (Å²) >= 11 is 1.45. The van der Waals surface area contributed by atoms with E-state index in [9.17, 15) is 31.1 Å². The lowest BCUT2D eigenvalue weighted by molar-refractivity contribution is -0.282. The largest absolute Gasteiger partial charge is 0.433 e. The number of halogens is 7. The summed E-state index contributed by atoms with van der Waals surface area (Å²) in [4.78, 5) is 6.25. The van der Waals surface area contributed by atoms with E-state index in [-0.39, 0.29) is 12.1 Å². The van der Waals surface area contributed by atoms with Gasteiger partial charge in [-0.1, -0.05) is 19.1 Å². The number of hydrogen-bond acceptors (Lipinski definition) is 1. The van der Waals surface area contributed by atoms with Crippen molar-refractivity contribution < 1.29 is 31.1 Å². The van der Waals surface area contributed by atoms with Crippen molar-refractivity contribution in [3.63, 3.8) is 0 Å². The zero-order valence-corrected chi connectivity index (χ0v) is 12.2. The molecule has 0 aromatic heterocycles. The molecule has 0 fully saturated rings. The lowest BCUT2D eigenvalue weighted by atomic mass is 9.95. The van der Waals surface area contributed by atoms with Gasteiger partial charge in [-0.2, -0.15) is 22.0 Å². The normalized spacial score (nSPS) is 15.4. The van der Waals surface area contributed by atoms with E-state index in [1.54, 1.807) is 6.92 Å². The lowest BCUT2D eigenvalue weighted by Gasteiger charge is -2.32. The Hall–Kier alpha value is -1.25. The first-order chi connectivity index (χ1) is 9.43. The molecule has 1 aromatic rings. The smallest absolute Gasteiger partial charge is 0.326 e. The number of carbonyl (C=O) groups is 1. The van der Waals surface area contributed by atoms with Crippen molar-refractivity contribution in [1.29, 1.82) is 0 Å². The standard InChI is InChI=1S/C12H10BrF6NO/c1-2-9(21)20-8-5-3-7(4-6-8)10(14,11(13,15)16)12(17,18)19/h3-6H,2H2,1H3,(H,20,21). The lowest BCUT2D eigenvalue weighted by Crippen LogP contribution is -2.49. The molecule has 0 saturated carbocycles. The third-order valence-electron chi connectivity index (χ3n) is 2.67. The number of alkyl halides is 7. The van der Waals surface area contributed by atoms with Crippen molar-refractivity contribution in [2.45, 2.75) is 30.0 Å². The van der Waals surface area contributed by atoms with Crippen LogP contribution in [0.15, 0.2) is 24.3 Å². The first kappa shape index (κ1) is 17.8. The molecule has 0 aliphatic carbocycles. The third-order valence-corrected chi connectivity index (χ3v) is 3.22. The summed E-state index contributed by atoms with van der Waals surface area (Å²) in [6.45, 7) is 1.55. The highest BCUT2D eigenvalue weighted by molar-refractivity contribution is 9.10. The van der Waals surface area contributed by atoms with Gasteiger partial charge in [0.25, 0.3) is 0 Å². The molecule has 0 spiro atoms. The number of hydrogen-bond donors (Lipinski definition) is 1. The minimum Gasteiger partial charge on any atom is -0.326 e. The van der Waals surface area contributed by atoms with Crippen molar-refractivity contribution in [2.24, 2.45) is 0 Å². The van der Waals surface area contributed by atoms with E-state index in [1.165, 1.54) is 15.9 Å². The zero-order chi connectivity index (χ0) is 16.5. The van der Waals surface area contributed by atoms with E-state index in [0.29, 0.717) is 12.1 Å². The van der Waals surface area contributed by atoms with Crippen LogP contribution in [0.25, 0.3) is 0 Å². The van der Waals surface area contributed by atoms with Gasteiger partial charge in [0.1, 0.15) is 0 Å². The SMILES string of the molecule is CCC(=O)Nc1ccc(C(F)(C(F)(F)F)C(F)(F)Br)cc1. The summed E-state index contributed by atoms with van der Waals surface area (Å²) < 4.78 is 78.2. The Labute approximate surface area is 124 Å². The van der Waals surface area contributed by atoms with Crippen LogP contribution in [0, 0.1) is 0 Å². The molecule has 1 N–H and O–H groups in total. The average Bonchev–Trinajstić information content (AvgIpc) is 2.35. The van der Waals surface area contributed by atoms with Crippen molar-refractivity contribution in [3.05, 3.63) is 29.8 Å². The molecule has 1 amide bonds. The molecule has 0 aliphatic heterocycles. The Morgan fingerprint density at radius 1 is 1.10 bits per heavy atom. The fourth-order valence-electron chi connectivity index (χ4n) is 1.52. The van der Waals surface area contributed by atoms with Gasteiger partial charge < -0.3 is 5.32 Å². The summed E-state index contributed by atoms with van der Waals surface area (Å²) in [5.74, 6) is -0.420. The second-order valence-corrected chi connectivity index (χ2v) is 5.13. The molecule has 0 bridgehead atoms. The fraction of sp³-hybridized carbons (Fsp3) is 0.417. The molecule has 1 aromatic carbocycles. The highest BCUT2D eigenvalue weighted by Gasteiger charge is 2.71. The van der Waals surface area contributed by atoms with Crippen molar-refractivity contribution in [1.82, 2.24) is 0 Å².